The molecule has 0 bridgehead atoms. The van der Waals surface area contributed by atoms with Gasteiger partial charge < -0.3 is 14.6 Å². The minimum atomic E-state index is -0.309. The summed E-state index contributed by atoms with van der Waals surface area (Å²) >= 11 is 0. The lowest BCUT2D eigenvalue weighted by Crippen LogP contribution is -2.44. The maximum Gasteiger partial charge on any atom is 0.251 e. The molecule has 4 heterocycles. The van der Waals surface area contributed by atoms with Crippen molar-refractivity contribution in [3.63, 3.8) is 0 Å². The molecule has 0 saturated carbocycles. The van der Waals surface area contributed by atoms with Crippen LogP contribution in [-0.2, 0) is 9.53 Å². The second kappa shape index (κ2) is 7.33. The molecule has 2 aliphatic heterocycles. The standard InChI is InChI=1S/C18H21N5O3/c24-16-9-13(21-17(22-16)14-10-19-5-6-20-14)12-3-1-7-23(11-12)18(25)15-4-2-8-26-15/h5-6,9-10,12,15H,1-4,7-8,11H2,(H,21,22,24)/t12-,15+/m0/s1. The van der Waals surface area contributed by atoms with Crippen LogP contribution in [0.25, 0.3) is 11.5 Å². The van der Waals surface area contributed by atoms with Gasteiger partial charge in [-0.2, -0.15) is 0 Å². The van der Waals surface area contributed by atoms with E-state index in [1.807, 2.05) is 4.90 Å². The van der Waals surface area contributed by atoms with E-state index in [0.29, 0.717) is 30.4 Å². The average molecular weight is 355 g/mol. The molecule has 0 radical (unpaired) electrons. The van der Waals surface area contributed by atoms with E-state index in [-0.39, 0.29) is 23.5 Å². The van der Waals surface area contributed by atoms with Crippen molar-refractivity contribution in [2.45, 2.75) is 37.7 Å². The molecule has 2 aromatic heterocycles. The van der Waals surface area contributed by atoms with Crippen LogP contribution in [0.15, 0.2) is 29.5 Å². The average Bonchev–Trinajstić information content (AvgIpc) is 3.22. The molecule has 26 heavy (non-hydrogen) atoms. The van der Waals surface area contributed by atoms with Gasteiger partial charge in [-0.05, 0) is 25.7 Å². The predicted molar refractivity (Wildman–Crippen MR) is 93.4 cm³/mol. The highest BCUT2D eigenvalue weighted by Gasteiger charge is 2.32. The molecule has 0 unspecified atom stereocenters. The lowest BCUT2D eigenvalue weighted by Gasteiger charge is -2.33. The van der Waals surface area contributed by atoms with Crippen LogP contribution in [0, 0.1) is 0 Å². The number of hydrogen-bond acceptors (Lipinski definition) is 6. The minimum Gasteiger partial charge on any atom is -0.368 e. The van der Waals surface area contributed by atoms with Gasteiger partial charge in [0.25, 0.3) is 11.5 Å². The molecule has 2 aromatic rings. The highest BCUT2D eigenvalue weighted by atomic mass is 16.5. The summed E-state index contributed by atoms with van der Waals surface area (Å²) in [5.41, 5.74) is 0.993. The van der Waals surface area contributed by atoms with Crippen molar-refractivity contribution in [2.24, 2.45) is 0 Å². The fraction of sp³-hybridized carbons (Fsp3) is 0.500. The van der Waals surface area contributed by atoms with Gasteiger partial charge in [-0.25, -0.2) is 9.97 Å². The third kappa shape index (κ3) is 3.50. The monoisotopic (exact) mass is 355 g/mol. The maximum atomic E-state index is 12.6. The summed E-state index contributed by atoms with van der Waals surface area (Å²) in [6.07, 6.45) is 7.90. The number of ether oxygens (including phenoxy) is 1. The molecule has 0 aliphatic carbocycles. The highest BCUT2D eigenvalue weighted by Crippen LogP contribution is 2.27. The number of hydrogen-bond donors (Lipinski definition) is 1. The van der Waals surface area contributed by atoms with Crippen LogP contribution in [-0.4, -0.2) is 56.5 Å². The van der Waals surface area contributed by atoms with Gasteiger partial charge in [0, 0.05) is 44.1 Å². The number of carbonyl (C=O) groups is 1. The molecular formula is C18H21N5O3. The predicted octanol–water partition coefficient (Wildman–Crippen LogP) is 1.11. The Labute approximate surface area is 150 Å². The number of nitrogens with zero attached hydrogens (tertiary/aromatic N) is 4. The fourth-order valence-corrected chi connectivity index (χ4v) is 3.62. The molecule has 2 saturated heterocycles. The van der Waals surface area contributed by atoms with Gasteiger partial charge in [-0.15, -0.1) is 0 Å². The second-order valence-electron chi connectivity index (χ2n) is 6.73. The summed E-state index contributed by atoms with van der Waals surface area (Å²) in [6.45, 7) is 1.95. The smallest absolute Gasteiger partial charge is 0.251 e. The molecule has 2 atom stereocenters. The molecule has 2 aliphatic rings. The van der Waals surface area contributed by atoms with Crippen LogP contribution >= 0.6 is 0 Å². The molecule has 0 aromatic carbocycles. The molecule has 2 fully saturated rings. The maximum absolute atomic E-state index is 12.6. The zero-order chi connectivity index (χ0) is 17.9. The van der Waals surface area contributed by atoms with Crippen LogP contribution in [0.3, 0.4) is 0 Å². The molecule has 1 amide bonds. The van der Waals surface area contributed by atoms with Gasteiger partial charge in [-0.1, -0.05) is 0 Å². The molecule has 0 spiro atoms. The third-order valence-corrected chi connectivity index (χ3v) is 4.92. The molecule has 8 heteroatoms. The van der Waals surface area contributed by atoms with Crippen molar-refractivity contribution in [1.29, 1.82) is 0 Å². The van der Waals surface area contributed by atoms with Crippen LogP contribution in [0.2, 0.25) is 0 Å². The topological polar surface area (TPSA) is 101 Å². The van der Waals surface area contributed by atoms with Gasteiger partial charge in [0.05, 0.1) is 11.9 Å². The number of rotatable bonds is 3. The number of piperidine rings is 1. The van der Waals surface area contributed by atoms with E-state index in [4.69, 9.17) is 4.74 Å². The first kappa shape index (κ1) is 16.8. The van der Waals surface area contributed by atoms with Gasteiger partial charge in [-0.3, -0.25) is 14.6 Å². The summed E-state index contributed by atoms with van der Waals surface area (Å²) < 4.78 is 5.53. The SMILES string of the molecule is O=C([C@H]1CCCO1)N1CCC[C@H](c2cc(=O)[nH]c(-c3cnccn3)n2)C1. The summed E-state index contributed by atoms with van der Waals surface area (Å²) in [5, 5.41) is 0. The Kier molecular flexibility index (Phi) is 4.75. The Morgan fingerprint density at radius 3 is 2.96 bits per heavy atom. The van der Waals surface area contributed by atoms with E-state index in [0.717, 1.165) is 32.2 Å². The van der Waals surface area contributed by atoms with E-state index in [1.165, 1.54) is 6.07 Å². The first-order valence-electron chi connectivity index (χ1n) is 8.99. The Balaban J connectivity index is 1.56. The van der Waals surface area contributed by atoms with Crippen molar-refractivity contribution in [3.8, 4) is 11.5 Å². The molecule has 136 valence electrons. The first-order valence-corrected chi connectivity index (χ1v) is 8.99. The van der Waals surface area contributed by atoms with Gasteiger partial charge in [0.2, 0.25) is 0 Å². The van der Waals surface area contributed by atoms with Crippen molar-refractivity contribution >= 4 is 5.91 Å². The summed E-state index contributed by atoms with van der Waals surface area (Å²) in [5.74, 6) is 0.501. The van der Waals surface area contributed by atoms with Gasteiger partial charge >= 0.3 is 0 Å². The zero-order valence-corrected chi connectivity index (χ0v) is 14.4. The van der Waals surface area contributed by atoms with Gasteiger partial charge in [0.15, 0.2) is 5.82 Å². The van der Waals surface area contributed by atoms with Crippen molar-refractivity contribution in [3.05, 3.63) is 40.7 Å². The number of H-pyrrole nitrogens is 1. The number of carbonyl (C=O) groups excluding carboxylic acids is 1. The Bertz CT molecular complexity index is 832. The minimum absolute atomic E-state index is 0.0341. The van der Waals surface area contributed by atoms with Crippen LogP contribution in [0.5, 0.6) is 0 Å². The third-order valence-electron chi connectivity index (χ3n) is 4.92. The Hall–Kier alpha value is -2.61. The molecule has 1 N–H and O–H groups in total. The lowest BCUT2D eigenvalue weighted by molar-refractivity contribution is -0.142. The summed E-state index contributed by atoms with van der Waals surface area (Å²) in [7, 11) is 0. The molecule has 4 rings (SSSR count). The summed E-state index contributed by atoms with van der Waals surface area (Å²) in [6, 6.07) is 1.52. The van der Waals surface area contributed by atoms with Crippen LogP contribution in [0.1, 0.15) is 37.3 Å². The second-order valence-corrected chi connectivity index (χ2v) is 6.73. The van der Waals surface area contributed by atoms with E-state index in [1.54, 1.807) is 18.6 Å². The van der Waals surface area contributed by atoms with Gasteiger partial charge in [0.1, 0.15) is 11.8 Å². The molecular weight excluding hydrogens is 334 g/mol. The fourth-order valence-electron chi connectivity index (χ4n) is 3.62. The highest BCUT2D eigenvalue weighted by molar-refractivity contribution is 5.81. The Morgan fingerprint density at radius 1 is 1.27 bits per heavy atom. The number of aromatic nitrogens is 4. The van der Waals surface area contributed by atoms with E-state index in [2.05, 4.69) is 19.9 Å². The van der Waals surface area contributed by atoms with Crippen LogP contribution in [0.4, 0.5) is 0 Å². The van der Waals surface area contributed by atoms with E-state index in [9.17, 15) is 9.59 Å². The lowest BCUT2D eigenvalue weighted by atomic mass is 9.94. The number of amides is 1. The zero-order valence-electron chi connectivity index (χ0n) is 14.4. The largest absolute Gasteiger partial charge is 0.368 e. The first-order chi connectivity index (χ1) is 12.7. The number of likely N-dealkylation sites (tertiary alicyclic amines) is 1. The van der Waals surface area contributed by atoms with E-state index >= 15 is 0 Å². The normalized spacial score (nSPS) is 23.2. The quantitative estimate of drug-likeness (QED) is 0.885. The summed E-state index contributed by atoms with van der Waals surface area (Å²) in [4.78, 5) is 42.1. The van der Waals surface area contributed by atoms with Crippen LogP contribution < -0.4 is 5.56 Å². The van der Waals surface area contributed by atoms with Crippen molar-refractivity contribution < 1.29 is 9.53 Å². The number of aromatic amines is 1. The molecule has 8 nitrogen and oxygen atoms in total. The van der Waals surface area contributed by atoms with Crippen molar-refractivity contribution in [1.82, 2.24) is 24.8 Å². The van der Waals surface area contributed by atoms with E-state index < -0.39 is 0 Å². The number of nitrogens with one attached hydrogen (secondary N) is 1. The van der Waals surface area contributed by atoms with Crippen molar-refractivity contribution in [2.75, 3.05) is 19.7 Å². The Morgan fingerprint density at radius 2 is 2.19 bits per heavy atom.